The number of carbonyl (C=O) groups is 1. The molecule has 38 heavy (non-hydrogen) atoms. The molecule has 0 aliphatic rings. The number of rotatable bonds is 8. The van der Waals surface area contributed by atoms with Crippen molar-refractivity contribution in [3.63, 3.8) is 0 Å². The first kappa shape index (κ1) is 26.5. The fourth-order valence-corrected chi connectivity index (χ4v) is 3.84. The molecule has 4 aromatic rings. The van der Waals surface area contributed by atoms with Crippen molar-refractivity contribution in [2.75, 3.05) is 5.32 Å². The maximum absolute atomic E-state index is 13.2. The molecule has 0 radical (unpaired) electrons. The van der Waals surface area contributed by atoms with Gasteiger partial charge in [-0.3, -0.25) is 14.9 Å². The van der Waals surface area contributed by atoms with Crippen LogP contribution < -0.4 is 5.32 Å². The lowest BCUT2D eigenvalue weighted by atomic mass is 9.99. The summed E-state index contributed by atoms with van der Waals surface area (Å²) in [4.78, 5) is 31.6. The molecular formula is C26H23F3N6O3. The number of ketones is 1. The number of carbonyl (C=O) groups excluding carboxylic acids is 1. The third-order valence-electron chi connectivity index (χ3n) is 5.83. The van der Waals surface area contributed by atoms with Crippen molar-refractivity contribution in [3.05, 3.63) is 98.6 Å². The summed E-state index contributed by atoms with van der Waals surface area (Å²) in [6.45, 7) is 5.67. The number of hydrogen-bond acceptors (Lipinski definition) is 7. The Morgan fingerprint density at radius 2 is 1.84 bits per heavy atom. The monoisotopic (exact) mass is 524 g/mol. The van der Waals surface area contributed by atoms with E-state index in [0.29, 0.717) is 35.0 Å². The molecule has 0 fully saturated rings. The maximum Gasteiger partial charge on any atom is 0.416 e. The molecular weight excluding hydrogens is 501 g/mol. The van der Waals surface area contributed by atoms with E-state index in [-0.39, 0.29) is 12.0 Å². The summed E-state index contributed by atoms with van der Waals surface area (Å²) in [6.07, 6.45) is -2.89. The highest BCUT2D eigenvalue weighted by molar-refractivity contribution is 5.98. The normalized spacial score (nSPS) is 11.4. The number of anilines is 2. The second kappa shape index (κ2) is 10.4. The second-order valence-electron chi connectivity index (χ2n) is 8.70. The Labute approximate surface area is 215 Å². The molecule has 0 aliphatic carbocycles. The average molecular weight is 525 g/mol. The first-order valence-electron chi connectivity index (χ1n) is 11.6. The number of nitro groups is 1. The number of non-ortho nitro benzene ring substituents is 1. The summed E-state index contributed by atoms with van der Waals surface area (Å²) in [7, 11) is 0. The third-order valence-corrected chi connectivity index (χ3v) is 5.83. The quantitative estimate of drug-likeness (QED) is 0.172. The van der Waals surface area contributed by atoms with Crippen LogP contribution in [0.5, 0.6) is 0 Å². The fraction of sp³-hybridized carbons (Fsp3) is 0.231. The van der Waals surface area contributed by atoms with Gasteiger partial charge in [-0.1, -0.05) is 19.1 Å². The van der Waals surface area contributed by atoms with E-state index in [4.69, 9.17) is 0 Å². The SMILES string of the molecule is CCc1cc(-n2nc(C)cc2Nc2cc(CC(=O)c3cc([N+](=O)[O-])cc(C(F)(F)F)c3)ccc2C)ncn1. The molecule has 0 aliphatic heterocycles. The number of nitrogens with one attached hydrogen (secondary N) is 1. The molecule has 2 heterocycles. The number of hydrogen-bond donors (Lipinski definition) is 1. The predicted molar refractivity (Wildman–Crippen MR) is 134 cm³/mol. The molecule has 0 atom stereocenters. The topological polar surface area (TPSA) is 116 Å². The average Bonchev–Trinajstić information content (AvgIpc) is 3.25. The van der Waals surface area contributed by atoms with Crippen molar-refractivity contribution in [2.45, 2.75) is 39.8 Å². The van der Waals surface area contributed by atoms with Crippen molar-refractivity contribution in [1.29, 1.82) is 0 Å². The van der Waals surface area contributed by atoms with Crippen molar-refractivity contribution in [2.24, 2.45) is 0 Å². The molecule has 0 amide bonds. The first-order chi connectivity index (χ1) is 17.9. The summed E-state index contributed by atoms with van der Waals surface area (Å²) < 4.78 is 41.4. The van der Waals surface area contributed by atoms with E-state index >= 15 is 0 Å². The zero-order chi connectivity index (χ0) is 27.6. The first-order valence-corrected chi connectivity index (χ1v) is 11.6. The summed E-state index contributed by atoms with van der Waals surface area (Å²) in [6, 6.07) is 10.7. The molecule has 1 N–H and O–H groups in total. The third kappa shape index (κ3) is 5.85. The number of nitrogens with zero attached hydrogens (tertiary/aromatic N) is 5. The van der Waals surface area contributed by atoms with E-state index in [1.807, 2.05) is 32.9 Å². The van der Waals surface area contributed by atoms with Gasteiger partial charge < -0.3 is 5.32 Å². The summed E-state index contributed by atoms with van der Waals surface area (Å²) in [5, 5.41) is 18.9. The van der Waals surface area contributed by atoms with Crippen LogP contribution >= 0.6 is 0 Å². The molecule has 12 heteroatoms. The Balaban J connectivity index is 1.63. The van der Waals surface area contributed by atoms with Gasteiger partial charge in [-0.05, 0) is 43.5 Å². The van der Waals surface area contributed by atoms with E-state index in [9.17, 15) is 28.1 Å². The largest absolute Gasteiger partial charge is 0.416 e. The number of aryl methyl sites for hydroxylation is 3. The molecule has 2 aromatic heterocycles. The number of aromatic nitrogens is 4. The van der Waals surface area contributed by atoms with Gasteiger partial charge in [0.15, 0.2) is 11.6 Å². The number of halogens is 3. The van der Waals surface area contributed by atoms with Gasteiger partial charge in [0.05, 0.1) is 16.2 Å². The zero-order valence-electron chi connectivity index (χ0n) is 20.7. The predicted octanol–water partition coefficient (Wildman–Crippen LogP) is 5.94. The van der Waals surface area contributed by atoms with E-state index in [2.05, 4.69) is 20.4 Å². The number of Topliss-reactive ketones (excluding diaryl/α,β-unsaturated/α-hetero) is 1. The highest BCUT2D eigenvalue weighted by Gasteiger charge is 2.33. The molecule has 0 saturated heterocycles. The fourth-order valence-electron chi connectivity index (χ4n) is 3.84. The minimum atomic E-state index is -4.83. The summed E-state index contributed by atoms with van der Waals surface area (Å²) in [5.74, 6) is 0.508. The minimum Gasteiger partial charge on any atom is -0.340 e. The van der Waals surface area contributed by atoms with Gasteiger partial charge in [0.25, 0.3) is 5.69 Å². The van der Waals surface area contributed by atoms with Crippen LogP contribution in [0.2, 0.25) is 0 Å². The van der Waals surface area contributed by atoms with Gasteiger partial charge in [-0.15, -0.1) is 0 Å². The number of benzene rings is 2. The molecule has 0 spiro atoms. The Hall–Kier alpha value is -4.61. The highest BCUT2D eigenvalue weighted by atomic mass is 19.4. The molecule has 0 bridgehead atoms. The lowest BCUT2D eigenvalue weighted by molar-refractivity contribution is -0.385. The van der Waals surface area contributed by atoms with Crippen molar-refractivity contribution >= 4 is 23.0 Å². The molecule has 0 saturated carbocycles. The van der Waals surface area contributed by atoms with Crippen LogP contribution in [0.4, 0.5) is 30.4 Å². The molecule has 4 rings (SSSR count). The molecule has 0 unspecified atom stereocenters. The van der Waals surface area contributed by atoms with Crippen LogP contribution in [-0.4, -0.2) is 30.5 Å². The van der Waals surface area contributed by atoms with E-state index in [1.165, 1.54) is 6.33 Å². The number of alkyl halides is 3. The van der Waals surface area contributed by atoms with Crippen molar-refractivity contribution in [1.82, 2.24) is 19.7 Å². The number of nitro benzene ring substituents is 1. The van der Waals surface area contributed by atoms with Gasteiger partial charge in [0.1, 0.15) is 12.1 Å². The minimum absolute atomic E-state index is 0.252. The van der Waals surface area contributed by atoms with E-state index in [0.717, 1.165) is 29.4 Å². The lowest BCUT2D eigenvalue weighted by Crippen LogP contribution is -2.11. The van der Waals surface area contributed by atoms with Crippen LogP contribution in [0.1, 0.15) is 45.4 Å². The van der Waals surface area contributed by atoms with Crippen LogP contribution in [0.3, 0.4) is 0 Å². The van der Waals surface area contributed by atoms with Gasteiger partial charge >= 0.3 is 6.18 Å². The molecule has 2 aromatic carbocycles. The van der Waals surface area contributed by atoms with Gasteiger partial charge in [0.2, 0.25) is 0 Å². The lowest BCUT2D eigenvalue weighted by Gasteiger charge is -2.13. The Morgan fingerprint density at radius 1 is 1.08 bits per heavy atom. The summed E-state index contributed by atoms with van der Waals surface area (Å²) in [5.41, 5.74) is 1.16. The highest BCUT2D eigenvalue weighted by Crippen LogP contribution is 2.33. The van der Waals surface area contributed by atoms with Crippen LogP contribution in [-0.2, 0) is 19.0 Å². The van der Waals surface area contributed by atoms with Crippen LogP contribution in [0.15, 0.2) is 54.9 Å². The van der Waals surface area contributed by atoms with Crippen LogP contribution in [0, 0.1) is 24.0 Å². The van der Waals surface area contributed by atoms with Gasteiger partial charge in [-0.25, -0.2) is 9.97 Å². The maximum atomic E-state index is 13.2. The Bertz CT molecular complexity index is 1530. The second-order valence-corrected chi connectivity index (χ2v) is 8.70. The van der Waals surface area contributed by atoms with Crippen molar-refractivity contribution in [3.8, 4) is 5.82 Å². The van der Waals surface area contributed by atoms with Crippen LogP contribution in [0.25, 0.3) is 5.82 Å². The molecule has 9 nitrogen and oxygen atoms in total. The summed E-state index contributed by atoms with van der Waals surface area (Å²) >= 11 is 0. The van der Waals surface area contributed by atoms with E-state index in [1.54, 1.807) is 22.9 Å². The standard InChI is InChI=1S/C26H23F3N6O3/c1-4-20-13-24(31-14-30-20)34-25(7-16(3)33-34)32-22-8-17(6-5-15(22)2)9-23(36)18-10-19(26(27,28)29)12-21(11-18)35(37)38/h5-8,10-14,32H,4,9H2,1-3H3. The smallest absolute Gasteiger partial charge is 0.340 e. The Kier molecular flexibility index (Phi) is 7.24. The van der Waals surface area contributed by atoms with E-state index < -0.39 is 28.1 Å². The zero-order valence-corrected chi connectivity index (χ0v) is 20.7. The molecule has 196 valence electrons. The van der Waals surface area contributed by atoms with Gasteiger partial charge in [0, 0.05) is 47.6 Å². The Morgan fingerprint density at radius 3 is 2.53 bits per heavy atom. The van der Waals surface area contributed by atoms with Crippen molar-refractivity contribution < 1.29 is 22.9 Å². The van der Waals surface area contributed by atoms with Gasteiger partial charge in [-0.2, -0.15) is 23.0 Å².